The minimum atomic E-state index is -0.943. The van der Waals surface area contributed by atoms with Crippen LogP contribution in [0.15, 0.2) is 66.2 Å². The van der Waals surface area contributed by atoms with E-state index in [0.717, 1.165) is 22.2 Å². The Labute approximate surface area is 222 Å². The first-order valence-electron chi connectivity index (χ1n) is 11.5. The number of amides is 1. The topological polar surface area (TPSA) is 89.0 Å². The van der Waals surface area contributed by atoms with Crippen LogP contribution in [0.2, 0.25) is 5.02 Å². The molecule has 0 radical (unpaired) electrons. The number of aromatic nitrogens is 1. The third kappa shape index (κ3) is 4.32. The van der Waals surface area contributed by atoms with E-state index in [1.54, 1.807) is 42.5 Å². The van der Waals surface area contributed by atoms with E-state index in [1.165, 1.54) is 30.5 Å². The Morgan fingerprint density at radius 2 is 1.76 bits per heavy atom. The van der Waals surface area contributed by atoms with Crippen LogP contribution in [0.3, 0.4) is 0 Å². The number of thiazole rings is 1. The van der Waals surface area contributed by atoms with E-state index in [4.69, 9.17) is 21.1 Å². The second kappa shape index (κ2) is 9.88. The average molecular weight is 535 g/mol. The van der Waals surface area contributed by atoms with E-state index in [0.29, 0.717) is 32.8 Å². The molecule has 188 valence electrons. The first-order chi connectivity index (χ1) is 17.9. The molecule has 0 bridgehead atoms. The van der Waals surface area contributed by atoms with E-state index in [1.807, 2.05) is 18.2 Å². The number of halogens is 1. The van der Waals surface area contributed by atoms with Crippen molar-refractivity contribution >= 4 is 55.7 Å². The Kier molecular flexibility index (Phi) is 6.62. The van der Waals surface area contributed by atoms with Gasteiger partial charge in [0.2, 0.25) is 0 Å². The highest BCUT2D eigenvalue weighted by Crippen LogP contribution is 2.46. The number of aliphatic hydroxyl groups is 1. The van der Waals surface area contributed by atoms with Gasteiger partial charge in [0, 0.05) is 10.6 Å². The van der Waals surface area contributed by atoms with Gasteiger partial charge in [0.25, 0.3) is 5.78 Å². The van der Waals surface area contributed by atoms with E-state index >= 15 is 0 Å². The zero-order chi connectivity index (χ0) is 26.3. The molecule has 1 amide bonds. The minimum absolute atomic E-state index is 0.0481. The highest BCUT2D eigenvalue weighted by atomic mass is 35.5. The number of carbonyl (C=O) groups excluding carboxylic acids is 2. The maximum absolute atomic E-state index is 13.5. The smallest absolute Gasteiger partial charge is 0.301 e. The number of fused-ring (bicyclic) bond motifs is 1. The van der Waals surface area contributed by atoms with Gasteiger partial charge < -0.3 is 14.6 Å². The maximum atomic E-state index is 13.5. The van der Waals surface area contributed by atoms with Crippen molar-refractivity contribution in [1.82, 2.24) is 4.98 Å². The van der Waals surface area contributed by atoms with Gasteiger partial charge in [0.15, 0.2) is 16.6 Å². The van der Waals surface area contributed by atoms with E-state index < -0.39 is 17.7 Å². The van der Waals surface area contributed by atoms with Crippen LogP contribution >= 0.6 is 22.9 Å². The molecule has 1 unspecified atom stereocenters. The molecule has 5 rings (SSSR count). The summed E-state index contributed by atoms with van der Waals surface area (Å²) in [7, 11) is 3.03. The Bertz CT molecular complexity index is 1560. The fourth-order valence-corrected chi connectivity index (χ4v) is 5.59. The van der Waals surface area contributed by atoms with Gasteiger partial charge in [0.05, 0.1) is 36.1 Å². The molecule has 1 saturated heterocycles. The Balaban J connectivity index is 1.73. The van der Waals surface area contributed by atoms with Crippen molar-refractivity contribution in [3.8, 4) is 11.5 Å². The SMILES string of the molecule is CCc1ccc2nc(N3C(=O)C(=O)C(=C(O)c4ccc(Cl)cc4)C3c3ccc(OC)c(OC)c3)sc2c1. The zero-order valence-corrected chi connectivity index (χ0v) is 21.9. The number of ether oxygens (including phenoxy) is 2. The number of Topliss-reactive ketones (excluding diaryl/α,β-unsaturated/α-hetero) is 1. The molecule has 0 spiro atoms. The summed E-state index contributed by atoms with van der Waals surface area (Å²) in [5.74, 6) is -0.959. The second-order valence-corrected chi connectivity index (χ2v) is 9.89. The summed E-state index contributed by atoms with van der Waals surface area (Å²) in [5, 5.41) is 12.1. The Morgan fingerprint density at radius 1 is 1.03 bits per heavy atom. The number of anilines is 1. The van der Waals surface area contributed by atoms with Gasteiger partial charge in [-0.25, -0.2) is 4.98 Å². The summed E-state index contributed by atoms with van der Waals surface area (Å²) in [6.07, 6.45) is 0.862. The van der Waals surface area contributed by atoms with Gasteiger partial charge in [-0.05, 0) is 66.1 Å². The summed E-state index contributed by atoms with van der Waals surface area (Å²) >= 11 is 7.34. The molecule has 1 aliphatic rings. The molecule has 4 aromatic rings. The molecule has 1 aliphatic heterocycles. The lowest BCUT2D eigenvalue weighted by molar-refractivity contribution is -0.132. The predicted octanol–water partition coefficient (Wildman–Crippen LogP) is 6.16. The summed E-state index contributed by atoms with van der Waals surface area (Å²) in [5.41, 5.74) is 2.74. The molecule has 1 atom stereocenters. The molecule has 0 saturated carbocycles. The van der Waals surface area contributed by atoms with Gasteiger partial charge in [-0.3, -0.25) is 14.5 Å². The first-order valence-corrected chi connectivity index (χ1v) is 12.7. The van der Waals surface area contributed by atoms with Crippen molar-refractivity contribution < 1.29 is 24.2 Å². The van der Waals surface area contributed by atoms with E-state index in [-0.39, 0.29) is 11.3 Å². The highest BCUT2D eigenvalue weighted by molar-refractivity contribution is 7.22. The minimum Gasteiger partial charge on any atom is -0.507 e. The van der Waals surface area contributed by atoms with Gasteiger partial charge >= 0.3 is 5.91 Å². The lowest BCUT2D eigenvalue weighted by Crippen LogP contribution is -2.29. The monoisotopic (exact) mass is 534 g/mol. The third-order valence-corrected chi connectivity index (χ3v) is 7.61. The van der Waals surface area contributed by atoms with Crippen molar-refractivity contribution in [3.05, 3.63) is 87.9 Å². The first kappa shape index (κ1) is 24.8. The molecule has 0 aliphatic carbocycles. The van der Waals surface area contributed by atoms with Gasteiger partial charge in [-0.1, -0.05) is 42.0 Å². The number of benzene rings is 3. The molecule has 1 N–H and O–H groups in total. The lowest BCUT2D eigenvalue weighted by Gasteiger charge is -2.23. The quantitative estimate of drug-likeness (QED) is 0.181. The molecular formula is C28H23ClN2O5S. The predicted molar refractivity (Wildman–Crippen MR) is 145 cm³/mol. The van der Waals surface area contributed by atoms with Gasteiger partial charge in [-0.2, -0.15) is 0 Å². The van der Waals surface area contributed by atoms with Crippen molar-refractivity contribution in [3.63, 3.8) is 0 Å². The molecule has 3 aromatic carbocycles. The molecule has 1 fully saturated rings. The molecular weight excluding hydrogens is 512 g/mol. The number of hydrogen-bond donors (Lipinski definition) is 1. The van der Waals surface area contributed by atoms with Gasteiger partial charge in [-0.15, -0.1) is 0 Å². The third-order valence-electron chi connectivity index (χ3n) is 6.34. The molecule has 1 aromatic heterocycles. The fraction of sp³-hybridized carbons (Fsp3) is 0.179. The van der Waals surface area contributed by atoms with Crippen molar-refractivity contribution in [2.45, 2.75) is 19.4 Å². The van der Waals surface area contributed by atoms with Crippen LogP contribution in [0.5, 0.6) is 11.5 Å². The summed E-state index contributed by atoms with van der Waals surface area (Å²) in [6, 6.07) is 16.5. The summed E-state index contributed by atoms with van der Waals surface area (Å²) in [6.45, 7) is 2.06. The van der Waals surface area contributed by atoms with Crippen LogP contribution in [-0.2, 0) is 16.0 Å². The summed E-state index contributed by atoms with van der Waals surface area (Å²) < 4.78 is 11.7. The second-order valence-electron chi connectivity index (χ2n) is 8.44. The normalized spacial score (nSPS) is 17.0. The number of nitrogens with zero attached hydrogens (tertiary/aromatic N) is 2. The number of ketones is 1. The summed E-state index contributed by atoms with van der Waals surface area (Å²) in [4.78, 5) is 32.9. The number of aliphatic hydroxyl groups excluding tert-OH is 1. The highest BCUT2D eigenvalue weighted by Gasteiger charge is 2.48. The fourth-order valence-electron chi connectivity index (χ4n) is 4.41. The van der Waals surface area contributed by atoms with Crippen LogP contribution in [0, 0.1) is 0 Å². The maximum Gasteiger partial charge on any atom is 0.301 e. The molecule has 2 heterocycles. The lowest BCUT2D eigenvalue weighted by atomic mass is 9.95. The number of methoxy groups -OCH3 is 2. The Morgan fingerprint density at radius 3 is 2.43 bits per heavy atom. The number of aryl methyl sites for hydroxylation is 1. The van der Waals surface area contributed by atoms with Crippen LogP contribution in [0.4, 0.5) is 5.13 Å². The van der Waals surface area contributed by atoms with E-state index in [2.05, 4.69) is 11.9 Å². The van der Waals surface area contributed by atoms with Crippen molar-refractivity contribution in [2.24, 2.45) is 0 Å². The van der Waals surface area contributed by atoms with Crippen LogP contribution in [0.1, 0.15) is 29.7 Å². The molecule has 37 heavy (non-hydrogen) atoms. The molecule has 9 heteroatoms. The zero-order valence-electron chi connectivity index (χ0n) is 20.3. The number of hydrogen-bond acceptors (Lipinski definition) is 7. The number of carbonyl (C=O) groups is 2. The van der Waals surface area contributed by atoms with Gasteiger partial charge in [0.1, 0.15) is 5.76 Å². The average Bonchev–Trinajstić information content (AvgIpc) is 3.45. The number of rotatable bonds is 6. The van der Waals surface area contributed by atoms with Crippen LogP contribution in [0.25, 0.3) is 16.0 Å². The standard InChI is InChI=1S/C28H23ClN2O5S/c1-4-15-5-11-19-22(13-15)37-28(30-19)31-24(17-8-12-20(35-2)21(14-17)36-3)23(26(33)27(31)34)25(32)16-6-9-18(29)10-7-16/h5-14,24,32H,4H2,1-3H3. The van der Waals surface area contributed by atoms with Crippen LogP contribution in [-0.4, -0.2) is 36.0 Å². The van der Waals surface area contributed by atoms with Crippen LogP contribution < -0.4 is 14.4 Å². The van der Waals surface area contributed by atoms with Crippen molar-refractivity contribution in [1.29, 1.82) is 0 Å². The van der Waals surface area contributed by atoms with E-state index in [9.17, 15) is 14.7 Å². The molecule has 7 nitrogen and oxygen atoms in total. The Hall–Kier alpha value is -3.88. The van der Waals surface area contributed by atoms with Crippen molar-refractivity contribution in [2.75, 3.05) is 19.1 Å². The largest absolute Gasteiger partial charge is 0.507 e.